The Hall–Kier alpha value is -1.96. The highest BCUT2D eigenvalue weighted by Crippen LogP contribution is 2.29. The van der Waals surface area contributed by atoms with Gasteiger partial charge in [-0.05, 0) is 19.1 Å². The molecule has 0 aromatic carbocycles. The quantitative estimate of drug-likeness (QED) is 0.678. The fourth-order valence-electron chi connectivity index (χ4n) is 3.46. The lowest BCUT2D eigenvalue weighted by atomic mass is 9.99. The summed E-state index contributed by atoms with van der Waals surface area (Å²) in [6.07, 6.45) is 3.62. The number of fused-ring (bicyclic) bond motifs is 1. The minimum atomic E-state index is 0.297. The molecule has 25 heavy (non-hydrogen) atoms. The Balaban J connectivity index is 1.43. The number of aryl methyl sites for hydroxylation is 2. The molecule has 0 bridgehead atoms. The first-order valence-electron chi connectivity index (χ1n) is 8.42. The lowest BCUT2D eigenvalue weighted by Crippen LogP contribution is -2.35. The third kappa shape index (κ3) is 3.68. The number of ether oxygens (including phenoxy) is 1. The van der Waals surface area contributed by atoms with Crippen molar-refractivity contribution in [1.82, 2.24) is 19.4 Å². The smallest absolute Gasteiger partial charge is 0.117 e. The highest BCUT2D eigenvalue weighted by molar-refractivity contribution is 7.09. The van der Waals surface area contributed by atoms with E-state index in [2.05, 4.69) is 31.9 Å². The van der Waals surface area contributed by atoms with E-state index in [0.717, 1.165) is 41.8 Å². The zero-order valence-electron chi connectivity index (χ0n) is 14.5. The maximum Gasteiger partial charge on any atom is 0.117 e. The average molecular weight is 358 g/mol. The van der Waals surface area contributed by atoms with Gasteiger partial charge >= 0.3 is 0 Å². The van der Waals surface area contributed by atoms with Crippen LogP contribution in [0.3, 0.4) is 0 Å². The van der Waals surface area contributed by atoms with Crippen LogP contribution in [0.5, 0.6) is 0 Å². The number of furan rings is 1. The van der Waals surface area contributed by atoms with E-state index in [1.54, 1.807) is 17.6 Å². The van der Waals surface area contributed by atoms with Gasteiger partial charge in [0.2, 0.25) is 0 Å². The van der Waals surface area contributed by atoms with Gasteiger partial charge in [0.1, 0.15) is 5.76 Å². The van der Waals surface area contributed by atoms with Crippen LogP contribution in [0.2, 0.25) is 0 Å². The van der Waals surface area contributed by atoms with Crippen LogP contribution in [0.25, 0.3) is 0 Å². The Morgan fingerprint density at radius 3 is 3.12 bits per heavy atom. The first kappa shape index (κ1) is 16.5. The van der Waals surface area contributed by atoms with Crippen LogP contribution in [-0.4, -0.2) is 32.6 Å². The Kier molecular flexibility index (Phi) is 4.70. The average Bonchev–Trinajstić information content (AvgIpc) is 3.31. The summed E-state index contributed by atoms with van der Waals surface area (Å²) >= 11 is 1.66. The minimum Gasteiger partial charge on any atom is -0.468 e. The van der Waals surface area contributed by atoms with E-state index in [0.29, 0.717) is 19.1 Å². The third-order valence-electron chi connectivity index (χ3n) is 4.50. The van der Waals surface area contributed by atoms with Gasteiger partial charge in [0, 0.05) is 37.1 Å². The number of imidazole rings is 1. The first-order valence-corrected chi connectivity index (χ1v) is 9.30. The molecule has 1 aliphatic heterocycles. The second-order valence-electron chi connectivity index (χ2n) is 6.51. The molecule has 1 aliphatic rings. The monoisotopic (exact) mass is 358 g/mol. The molecule has 0 radical (unpaired) electrons. The van der Waals surface area contributed by atoms with Gasteiger partial charge in [-0.1, -0.05) is 0 Å². The molecule has 1 atom stereocenters. The second kappa shape index (κ2) is 7.11. The summed E-state index contributed by atoms with van der Waals surface area (Å²) in [6.45, 7) is 5.82. The molecular weight excluding hydrogens is 336 g/mol. The molecule has 0 saturated carbocycles. The molecule has 0 N–H and O–H groups in total. The zero-order valence-corrected chi connectivity index (χ0v) is 15.3. The number of nitrogens with zero attached hydrogens (tertiary/aromatic N) is 4. The fourth-order valence-corrected chi connectivity index (χ4v) is 4.06. The van der Waals surface area contributed by atoms with E-state index in [1.807, 2.05) is 25.4 Å². The van der Waals surface area contributed by atoms with Crippen molar-refractivity contribution >= 4 is 11.3 Å². The Labute approximate surface area is 151 Å². The minimum absolute atomic E-state index is 0.297. The number of thiazole rings is 1. The molecule has 132 valence electrons. The Morgan fingerprint density at radius 2 is 2.36 bits per heavy atom. The van der Waals surface area contributed by atoms with Crippen LogP contribution in [0.1, 0.15) is 33.8 Å². The van der Waals surface area contributed by atoms with Crippen molar-refractivity contribution in [2.75, 3.05) is 13.2 Å². The summed E-state index contributed by atoms with van der Waals surface area (Å²) in [6, 6.07) is 3.95. The summed E-state index contributed by atoms with van der Waals surface area (Å²) < 4.78 is 13.6. The van der Waals surface area contributed by atoms with Gasteiger partial charge in [-0.2, -0.15) is 0 Å². The summed E-state index contributed by atoms with van der Waals surface area (Å²) in [7, 11) is 2.06. The second-order valence-corrected chi connectivity index (χ2v) is 7.57. The maximum absolute atomic E-state index is 5.99. The third-order valence-corrected chi connectivity index (χ3v) is 5.32. The molecule has 0 spiro atoms. The highest BCUT2D eigenvalue weighted by atomic mass is 32.1. The van der Waals surface area contributed by atoms with E-state index < -0.39 is 0 Å². The molecule has 7 heteroatoms. The molecule has 0 saturated heterocycles. The van der Waals surface area contributed by atoms with Gasteiger partial charge in [-0.25, -0.2) is 9.97 Å². The fraction of sp³-hybridized carbons (Fsp3) is 0.444. The van der Waals surface area contributed by atoms with E-state index in [4.69, 9.17) is 9.15 Å². The summed E-state index contributed by atoms with van der Waals surface area (Å²) in [4.78, 5) is 11.4. The van der Waals surface area contributed by atoms with E-state index in [1.165, 1.54) is 5.69 Å². The summed E-state index contributed by atoms with van der Waals surface area (Å²) in [5.41, 5.74) is 3.43. The van der Waals surface area contributed by atoms with E-state index >= 15 is 0 Å². The number of aromatic nitrogens is 3. The molecule has 3 aromatic heterocycles. The number of rotatable bonds is 6. The van der Waals surface area contributed by atoms with Crippen LogP contribution in [0.15, 0.2) is 34.5 Å². The van der Waals surface area contributed by atoms with Gasteiger partial charge in [0.25, 0.3) is 0 Å². The molecular formula is C18H22N4O2S. The first-order chi connectivity index (χ1) is 12.2. The van der Waals surface area contributed by atoms with Gasteiger partial charge < -0.3 is 13.7 Å². The van der Waals surface area contributed by atoms with Gasteiger partial charge in [-0.3, -0.25) is 4.90 Å². The normalized spacial score (nSPS) is 17.8. The molecule has 0 amide bonds. The lowest BCUT2D eigenvalue weighted by molar-refractivity contribution is 0.0800. The molecule has 0 unspecified atom stereocenters. The topological polar surface area (TPSA) is 56.3 Å². The highest BCUT2D eigenvalue weighted by Gasteiger charge is 2.29. The van der Waals surface area contributed by atoms with Crippen LogP contribution >= 0.6 is 11.3 Å². The van der Waals surface area contributed by atoms with Crippen LogP contribution in [-0.2, 0) is 31.5 Å². The number of hydrogen-bond acceptors (Lipinski definition) is 6. The lowest BCUT2D eigenvalue weighted by Gasteiger charge is -2.32. The predicted molar refractivity (Wildman–Crippen MR) is 95.3 cm³/mol. The van der Waals surface area contributed by atoms with E-state index in [9.17, 15) is 0 Å². The summed E-state index contributed by atoms with van der Waals surface area (Å²) in [5, 5.41) is 3.14. The maximum atomic E-state index is 5.99. The summed E-state index contributed by atoms with van der Waals surface area (Å²) in [5.74, 6) is 1.28. The van der Waals surface area contributed by atoms with Crippen molar-refractivity contribution in [2.24, 2.45) is 7.05 Å². The SMILES string of the molecule is Cc1nc(COC[C@@H]2CN(Cc3ccco3)Cc3ncn(C)c32)cs1. The van der Waals surface area contributed by atoms with Gasteiger partial charge in [0.05, 0.1) is 48.7 Å². The molecule has 6 nitrogen and oxygen atoms in total. The van der Waals surface area contributed by atoms with Crippen molar-refractivity contribution in [3.63, 3.8) is 0 Å². The molecule has 3 aromatic rings. The van der Waals surface area contributed by atoms with Crippen molar-refractivity contribution in [3.05, 3.63) is 58.0 Å². The molecule has 0 fully saturated rings. The standard InChI is InChI=1S/C18H22N4O2S/c1-13-20-15(11-25-13)10-23-9-14-6-22(7-16-4-3-5-24-16)8-17-18(14)21(2)12-19-17/h3-5,11-12,14H,6-10H2,1-2H3/t14-/m0/s1. The Morgan fingerprint density at radius 1 is 1.44 bits per heavy atom. The molecule has 0 aliphatic carbocycles. The largest absolute Gasteiger partial charge is 0.468 e. The number of hydrogen-bond donors (Lipinski definition) is 0. The Bertz CT molecular complexity index is 824. The van der Waals surface area contributed by atoms with Crippen LogP contribution < -0.4 is 0 Å². The molecule has 4 rings (SSSR count). The predicted octanol–water partition coefficient (Wildman–Crippen LogP) is 3.09. The van der Waals surface area contributed by atoms with Crippen LogP contribution in [0, 0.1) is 6.92 Å². The van der Waals surface area contributed by atoms with Crippen molar-refractivity contribution in [1.29, 1.82) is 0 Å². The van der Waals surface area contributed by atoms with Crippen LogP contribution in [0.4, 0.5) is 0 Å². The van der Waals surface area contributed by atoms with Gasteiger partial charge in [-0.15, -0.1) is 11.3 Å². The molecule has 4 heterocycles. The van der Waals surface area contributed by atoms with Crippen molar-refractivity contribution < 1.29 is 9.15 Å². The van der Waals surface area contributed by atoms with E-state index in [-0.39, 0.29) is 0 Å². The van der Waals surface area contributed by atoms with Crippen molar-refractivity contribution in [2.45, 2.75) is 32.5 Å². The zero-order chi connectivity index (χ0) is 17.2. The van der Waals surface area contributed by atoms with Crippen molar-refractivity contribution in [3.8, 4) is 0 Å². The van der Waals surface area contributed by atoms with Gasteiger partial charge in [0.15, 0.2) is 0 Å².